The maximum absolute atomic E-state index is 10.3. The molecule has 1 aromatic carbocycles. The molecule has 0 bridgehead atoms. The molecule has 2 amide bonds. The Labute approximate surface area is 94.3 Å². The van der Waals surface area contributed by atoms with Gasteiger partial charge in [-0.3, -0.25) is 9.59 Å². The number of hydrogen-bond acceptors (Lipinski definition) is 3. The van der Waals surface area contributed by atoms with Gasteiger partial charge in [0.15, 0.2) is 0 Å². The Morgan fingerprint density at radius 1 is 1.25 bits per heavy atom. The molecule has 88 valence electrons. The van der Waals surface area contributed by atoms with Gasteiger partial charge >= 0.3 is 0 Å². The lowest BCUT2D eigenvalue weighted by Crippen LogP contribution is -2.00. The molecule has 0 fully saturated rings. The number of aromatic hydroxyl groups is 1. The molecule has 0 aliphatic carbocycles. The molecule has 1 aromatic rings. The number of carbonyl (C=O) groups excluding carboxylic acids is 2. The molecule has 0 radical (unpaired) electrons. The maximum Gasteiger partial charge on any atom is 0.211 e. The Kier molecular flexibility index (Phi) is 5.62. The summed E-state index contributed by atoms with van der Waals surface area (Å²) in [6, 6.07) is 1.65. The number of rotatable bonds is 2. The number of hydrogen-bond donors (Lipinski definition) is 3. The molecule has 0 saturated carbocycles. The van der Waals surface area contributed by atoms with Crippen molar-refractivity contribution in [1.82, 2.24) is 0 Å². The second kappa shape index (κ2) is 6.44. The largest absolute Gasteiger partial charge is 0.508 e. The lowest BCUT2D eigenvalue weighted by Gasteiger charge is -2.12. The molecule has 5 nitrogen and oxygen atoms in total. The van der Waals surface area contributed by atoms with E-state index in [0.29, 0.717) is 6.41 Å². The van der Waals surface area contributed by atoms with Crippen LogP contribution < -0.4 is 11.1 Å². The van der Waals surface area contributed by atoms with Crippen LogP contribution in [0.2, 0.25) is 0 Å². The standard InChI is InChI=1S/C10H13NO2.CH3NO/c1-6-4-9(13)7(2)8(3)10(6)11-5-12;2-1-3/h4-5,13H,1-3H3,(H,11,12);1H,(H2,2,3). The first-order valence-electron chi connectivity index (χ1n) is 4.64. The fourth-order valence-electron chi connectivity index (χ4n) is 1.34. The highest BCUT2D eigenvalue weighted by Crippen LogP contribution is 2.29. The molecular formula is C11H16N2O3. The summed E-state index contributed by atoms with van der Waals surface area (Å²) in [6.07, 6.45) is 0.895. The number of carbonyl (C=O) groups is 2. The van der Waals surface area contributed by atoms with Gasteiger partial charge in [-0.2, -0.15) is 0 Å². The minimum absolute atomic E-state index is 0.250. The van der Waals surface area contributed by atoms with Crippen molar-refractivity contribution >= 4 is 18.5 Å². The summed E-state index contributed by atoms with van der Waals surface area (Å²) in [5, 5.41) is 12.1. The third-order valence-corrected chi connectivity index (χ3v) is 2.27. The summed E-state index contributed by atoms with van der Waals surface area (Å²) >= 11 is 0. The van der Waals surface area contributed by atoms with Gasteiger partial charge < -0.3 is 16.2 Å². The maximum atomic E-state index is 10.3. The number of nitrogens with one attached hydrogen (secondary N) is 1. The Balaban J connectivity index is 0.000000673. The average molecular weight is 224 g/mol. The quantitative estimate of drug-likeness (QED) is 0.516. The highest BCUT2D eigenvalue weighted by Gasteiger charge is 2.08. The summed E-state index contributed by atoms with van der Waals surface area (Å²) in [5.74, 6) is 0.270. The van der Waals surface area contributed by atoms with E-state index in [1.807, 2.05) is 20.8 Å². The zero-order chi connectivity index (χ0) is 12.7. The predicted molar refractivity (Wildman–Crippen MR) is 62.3 cm³/mol. The van der Waals surface area contributed by atoms with Gasteiger partial charge in [-0.25, -0.2) is 0 Å². The van der Waals surface area contributed by atoms with Crippen LogP contribution in [0.1, 0.15) is 16.7 Å². The molecule has 0 heterocycles. The minimum Gasteiger partial charge on any atom is -0.508 e. The lowest BCUT2D eigenvalue weighted by molar-refractivity contribution is -0.107. The molecule has 1 rings (SSSR count). The number of phenolic OH excluding ortho intramolecular Hbond substituents is 1. The van der Waals surface area contributed by atoms with Gasteiger partial charge in [0.25, 0.3) is 0 Å². The number of amides is 2. The van der Waals surface area contributed by atoms with E-state index in [1.165, 1.54) is 0 Å². The molecule has 0 aliphatic rings. The Hall–Kier alpha value is -2.04. The van der Waals surface area contributed by atoms with Gasteiger partial charge in [0.2, 0.25) is 12.8 Å². The first-order valence-corrected chi connectivity index (χ1v) is 4.64. The average Bonchev–Trinajstić information content (AvgIpc) is 2.22. The highest BCUT2D eigenvalue weighted by molar-refractivity contribution is 5.77. The van der Waals surface area contributed by atoms with E-state index in [9.17, 15) is 9.90 Å². The van der Waals surface area contributed by atoms with Gasteiger partial charge in [0.1, 0.15) is 5.75 Å². The first-order chi connectivity index (χ1) is 7.49. The van der Waals surface area contributed by atoms with Crippen molar-refractivity contribution in [2.75, 3.05) is 5.32 Å². The molecule has 0 aliphatic heterocycles. The van der Waals surface area contributed by atoms with Crippen LogP contribution >= 0.6 is 0 Å². The van der Waals surface area contributed by atoms with E-state index >= 15 is 0 Å². The van der Waals surface area contributed by atoms with Gasteiger partial charge in [-0.15, -0.1) is 0 Å². The molecule has 0 aromatic heterocycles. The van der Waals surface area contributed by atoms with Crippen LogP contribution in [0.3, 0.4) is 0 Å². The van der Waals surface area contributed by atoms with Crippen LogP contribution in [-0.2, 0) is 9.59 Å². The Morgan fingerprint density at radius 2 is 1.75 bits per heavy atom. The van der Waals surface area contributed by atoms with E-state index in [-0.39, 0.29) is 12.2 Å². The van der Waals surface area contributed by atoms with Crippen molar-refractivity contribution in [3.63, 3.8) is 0 Å². The number of aryl methyl sites for hydroxylation is 1. The van der Waals surface area contributed by atoms with Crippen LogP contribution in [0.5, 0.6) is 5.75 Å². The second-order valence-corrected chi connectivity index (χ2v) is 3.24. The van der Waals surface area contributed by atoms with E-state index in [4.69, 9.17) is 4.79 Å². The molecule has 16 heavy (non-hydrogen) atoms. The molecule has 0 saturated heterocycles. The summed E-state index contributed by atoms with van der Waals surface area (Å²) < 4.78 is 0. The minimum atomic E-state index is 0.250. The zero-order valence-corrected chi connectivity index (χ0v) is 9.57. The normalized spacial score (nSPS) is 8.69. The summed E-state index contributed by atoms with van der Waals surface area (Å²) in [4.78, 5) is 18.9. The summed E-state index contributed by atoms with van der Waals surface area (Å²) in [5.41, 5.74) is 7.53. The monoisotopic (exact) mass is 224 g/mol. The van der Waals surface area contributed by atoms with Crippen molar-refractivity contribution in [3.8, 4) is 5.75 Å². The van der Waals surface area contributed by atoms with E-state index in [0.717, 1.165) is 22.4 Å². The highest BCUT2D eigenvalue weighted by atomic mass is 16.3. The van der Waals surface area contributed by atoms with Crippen LogP contribution in [0.4, 0.5) is 5.69 Å². The molecule has 5 heteroatoms. The number of phenols is 1. The van der Waals surface area contributed by atoms with Crippen molar-refractivity contribution in [1.29, 1.82) is 0 Å². The van der Waals surface area contributed by atoms with E-state index in [2.05, 4.69) is 11.1 Å². The van der Waals surface area contributed by atoms with Crippen molar-refractivity contribution in [3.05, 3.63) is 22.8 Å². The van der Waals surface area contributed by atoms with Crippen LogP contribution in [-0.4, -0.2) is 17.9 Å². The fraction of sp³-hybridized carbons (Fsp3) is 0.273. The molecule has 0 spiro atoms. The third kappa shape index (κ3) is 3.27. The predicted octanol–water partition coefficient (Wildman–Crippen LogP) is 0.987. The van der Waals surface area contributed by atoms with Gasteiger partial charge in [-0.1, -0.05) is 0 Å². The molecular weight excluding hydrogens is 208 g/mol. The molecule has 0 unspecified atom stereocenters. The topological polar surface area (TPSA) is 92.4 Å². The fourth-order valence-corrected chi connectivity index (χ4v) is 1.34. The van der Waals surface area contributed by atoms with E-state index < -0.39 is 0 Å². The Bertz CT molecular complexity index is 389. The van der Waals surface area contributed by atoms with Gasteiger partial charge in [0.05, 0.1) is 0 Å². The molecule has 4 N–H and O–H groups in total. The van der Waals surface area contributed by atoms with Crippen molar-refractivity contribution < 1.29 is 14.7 Å². The second-order valence-electron chi connectivity index (χ2n) is 3.24. The number of nitrogens with two attached hydrogens (primary N) is 1. The SMILES string of the molecule is Cc1cc(O)c(C)c(C)c1NC=O.NC=O. The van der Waals surface area contributed by atoms with Gasteiger partial charge in [-0.05, 0) is 43.5 Å². The third-order valence-electron chi connectivity index (χ3n) is 2.27. The van der Waals surface area contributed by atoms with Crippen LogP contribution in [0, 0.1) is 20.8 Å². The number of benzene rings is 1. The molecule has 0 atom stereocenters. The van der Waals surface area contributed by atoms with Crippen molar-refractivity contribution in [2.45, 2.75) is 20.8 Å². The zero-order valence-electron chi connectivity index (χ0n) is 9.57. The number of anilines is 1. The Morgan fingerprint density at radius 3 is 2.19 bits per heavy atom. The van der Waals surface area contributed by atoms with Crippen LogP contribution in [0.25, 0.3) is 0 Å². The lowest BCUT2D eigenvalue weighted by atomic mass is 10.0. The first kappa shape index (κ1) is 14.0. The van der Waals surface area contributed by atoms with Crippen molar-refractivity contribution in [2.24, 2.45) is 5.73 Å². The summed E-state index contributed by atoms with van der Waals surface area (Å²) in [6.45, 7) is 5.53. The van der Waals surface area contributed by atoms with Crippen LogP contribution in [0.15, 0.2) is 6.07 Å². The summed E-state index contributed by atoms with van der Waals surface area (Å²) in [7, 11) is 0. The van der Waals surface area contributed by atoms with E-state index in [1.54, 1.807) is 6.07 Å². The smallest absolute Gasteiger partial charge is 0.211 e. The number of primary amides is 1. The van der Waals surface area contributed by atoms with Gasteiger partial charge in [0, 0.05) is 5.69 Å².